The molecule has 1 aliphatic carbocycles. The van der Waals surface area contributed by atoms with Crippen molar-refractivity contribution in [2.45, 2.75) is 58.5 Å². The Bertz CT molecular complexity index is 1040. The van der Waals surface area contributed by atoms with Crippen LogP contribution in [0.2, 0.25) is 0 Å². The van der Waals surface area contributed by atoms with Crippen molar-refractivity contribution in [3.8, 4) is 6.07 Å². The molecule has 1 atom stereocenters. The molecule has 0 spiro atoms. The van der Waals surface area contributed by atoms with E-state index in [1.54, 1.807) is 13.0 Å². The zero-order chi connectivity index (χ0) is 19.7. The molecule has 8 nitrogen and oxygen atoms in total. The molecular formula is C19H23N5O3. The predicted molar refractivity (Wildman–Crippen MR) is 101 cm³/mol. The minimum absolute atomic E-state index is 0.0879. The second-order valence-corrected chi connectivity index (χ2v) is 7.39. The maximum absolute atomic E-state index is 12.8. The predicted octanol–water partition coefficient (Wildman–Crippen LogP) is 1.65. The Balaban J connectivity index is 2.26. The zero-order valence-corrected chi connectivity index (χ0v) is 15.7. The minimum Gasteiger partial charge on any atom is -0.336 e. The van der Waals surface area contributed by atoms with Gasteiger partial charge in [0.25, 0.3) is 11.5 Å². The van der Waals surface area contributed by atoms with E-state index in [1.807, 2.05) is 19.9 Å². The number of pyridine rings is 1. The Morgan fingerprint density at radius 3 is 2.70 bits per heavy atom. The molecule has 0 aromatic carbocycles. The van der Waals surface area contributed by atoms with E-state index in [4.69, 9.17) is 5.26 Å². The molecule has 2 heterocycles. The highest BCUT2D eigenvalue weighted by Gasteiger charge is 2.29. The lowest BCUT2D eigenvalue weighted by Crippen LogP contribution is -2.36. The van der Waals surface area contributed by atoms with E-state index >= 15 is 0 Å². The van der Waals surface area contributed by atoms with Gasteiger partial charge in [0.2, 0.25) is 0 Å². The van der Waals surface area contributed by atoms with Gasteiger partial charge in [-0.15, -0.1) is 0 Å². The normalized spacial score (nSPS) is 14.9. The molecule has 2 aromatic rings. The highest BCUT2D eigenvalue weighted by molar-refractivity contribution is 6.05. The van der Waals surface area contributed by atoms with Crippen molar-refractivity contribution in [3.63, 3.8) is 0 Å². The summed E-state index contributed by atoms with van der Waals surface area (Å²) in [5, 5.41) is 11.9. The Morgan fingerprint density at radius 2 is 2.15 bits per heavy atom. The molecule has 27 heavy (non-hydrogen) atoms. The smallest absolute Gasteiger partial charge is 0.330 e. The van der Waals surface area contributed by atoms with Gasteiger partial charge in [0.15, 0.2) is 5.65 Å². The van der Waals surface area contributed by atoms with Gasteiger partial charge in [0.1, 0.15) is 6.04 Å². The van der Waals surface area contributed by atoms with E-state index in [2.05, 4.69) is 15.3 Å². The maximum atomic E-state index is 12.8. The molecule has 0 aliphatic heterocycles. The summed E-state index contributed by atoms with van der Waals surface area (Å²) < 4.78 is 1.42. The summed E-state index contributed by atoms with van der Waals surface area (Å²) in [4.78, 5) is 44.6. The number of rotatable bonds is 6. The molecule has 1 unspecified atom stereocenters. The molecule has 0 saturated heterocycles. The number of aromatic nitrogens is 3. The summed E-state index contributed by atoms with van der Waals surface area (Å²) in [6.45, 7) is 6.09. The van der Waals surface area contributed by atoms with Gasteiger partial charge in [0.05, 0.1) is 17.0 Å². The van der Waals surface area contributed by atoms with E-state index in [9.17, 15) is 14.4 Å². The van der Waals surface area contributed by atoms with Crippen molar-refractivity contribution in [3.05, 3.63) is 38.2 Å². The maximum Gasteiger partial charge on any atom is 0.330 e. The van der Waals surface area contributed by atoms with Crippen LogP contribution >= 0.6 is 0 Å². The number of H-pyrrole nitrogens is 1. The summed E-state index contributed by atoms with van der Waals surface area (Å²) in [6.07, 6.45) is 2.38. The van der Waals surface area contributed by atoms with Gasteiger partial charge in [-0.25, -0.2) is 9.78 Å². The van der Waals surface area contributed by atoms with Crippen LogP contribution in [-0.4, -0.2) is 26.5 Å². The average Bonchev–Trinajstić information content (AvgIpc) is 3.46. The molecule has 1 aliphatic rings. The van der Waals surface area contributed by atoms with Gasteiger partial charge >= 0.3 is 5.69 Å². The van der Waals surface area contributed by atoms with E-state index in [-0.39, 0.29) is 28.4 Å². The Morgan fingerprint density at radius 1 is 1.44 bits per heavy atom. The van der Waals surface area contributed by atoms with Gasteiger partial charge < -0.3 is 5.32 Å². The first-order valence-electron chi connectivity index (χ1n) is 9.23. The number of hydrogen-bond donors (Lipinski definition) is 2. The van der Waals surface area contributed by atoms with Crippen LogP contribution in [0.4, 0.5) is 0 Å². The van der Waals surface area contributed by atoms with Crippen molar-refractivity contribution >= 4 is 16.9 Å². The highest BCUT2D eigenvalue weighted by atomic mass is 16.2. The fourth-order valence-corrected chi connectivity index (χ4v) is 3.06. The molecule has 3 rings (SSSR count). The molecular weight excluding hydrogens is 346 g/mol. The molecule has 0 bridgehead atoms. The first kappa shape index (κ1) is 18.8. The Labute approximate surface area is 156 Å². The number of amides is 1. The third kappa shape index (κ3) is 3.77. The molecule has 2 N–H and O–H groups in total. The fraction of sp³-hybridized carbons (Fsp3) is 0.526. The quantitative estimate of drug-likeness (QED) is 0.802. The van der Waals surface area contributed by atoms with Crippen LogP contribution in [-0.2, 0) is 6.54 Å². The first-order chi connectivity index (χ1) is 12.8. The summed E-state index contributed by atoms with van der Waals surface area (Å²) >= 11 is 0. The topological polar surface area (TPSA) is 121 Å². The van der Waals surface area contributed by atoms with Crippen LogP contribution in [0.15, 0.2) is 15.7 Å². The highest BCUT2D eigenvalue weighted by Crippen LogP contribution is 2.39. The Kier molecular flexibility index (Phi) is 5.13. The van der Waals surface area contributed by atoms with Crippen molar-refractivity contribution in [1.29, 1.82) is 5.26 Å². The number of hydrogen-bond acceptors (Lipinski definition) is 5. The first-order valence-corrected chi connectivity index (χ1v) is 9.23. The fourth-order valence-electron chi connectivity index (χ4n) is 3.06. The van der Waals surface area contributed by atoms with Gasteiger partial charge in [-0.2, -0.15) is 5.26 Å². The summed E-state index contributed by atoms with van der Waals surface area (Å²) in [5.74, 6) is -0.109. The second kappa shape index (κ2) is 7.35. The summed E-state index contributed by atoms with van der Waals surface area (Å²) in [6, 6.07) is 3.00. The number of carbonyl (C=O) groups excluding carboxylic acids is 1. The van der Waals surface area contributed by atoms with Crippen LogP contribution in [0.1, 0.15) is 62.0 Å². The number of fused-ring (bicyclic) bond motifs is 1. The molecule has 8 heteroatoms. The Hall–Kier alpha value is -2.95. The second-order valence-electron chi connectivity index (χ2n) is 7.39. The van der Waals surface area contributed by atoms with E-state index in [1.165, 1.54) is 4.57 Å². The standard InChI is InChI=1S/C19H23N5O3/c1-4-12(8-20)21-17(25)13-7-14(11-5-6-11)22-16-15(13)18(26)23-19(27)24(16)9-10(2)3/h7,10-12H,4-6,9H2,1-3H3,(H,21,25)(H,23,26,27). The van der Waals surface area contributed by atoms with Crippen LogP contribution in [0, 0.1) is 17.2 Å². The van der Waals surface area contributed by atoms with Crippen molar-refractivity contribution < 1.29 is 4.79 Å². The summed E-state index contributed by atoms with van der Waals surface area (Å²) in [5.41, 5.74) is -0.0667. The molecule has 1 saturated carbocycles. The monoisotopic (exact) mass is 369 g/mol. The molecule has 2 aromatic heterocycles. The SMILES string of the molecule is CCC(C#N)NC(=O)c1cc(C2CC2)nc2c1c(=O)[nH]c(=O)n2CC(C)C. The minimum atomic E-state index is -0.647. The largest absolute Gasteiger partial charge is 0.336 e. The van der Waals surface area contributed by atoms with E-state index in [0.29, 0.717) is 18.7 Å². The molecule has 1 amide bonds. The summed E-state index contributed by atoms with van der Waals surface area (Å²) in [7, 11) is 0. The van der Waals surface area contributed by atoms with Crippen LogP contribution < -0.4 is 16.6 Å². The lowest BCUT2D eigenvalue weighted by Gasteiger charge is -2.15. The third-order valence-electron chi connectivity index (χ3n) is 4.63. The van der Waals surface area contributed by atoms with Gasteiger partial charge in [0, 0.05) is 18.2 Å². The van der Waals surface area contributed by atoms with Gasteiger partial charge in [-0.1, -0.05) is 20.8 Å². The molecule has 142 valence electrons. The lowest BCUT2D eigenvalue weighted by molar-refractivity contribution is 0.0946. The van der Waals surface area contributed by atoms with Crippen LogP contribution in [0.3, 0.4) is 0 Å². The number of nitrogens with one attached hydrogen (secondary N) is 2. The van der Waals surface area contributed by atoms with E-state index in [0.717, 1.165) is 12.8 Å². The van der Waals surface area contributed by atoms with Crippen LogP contribution in [0.5, 0.6) is 0 Å². The zero-order valence-electron chi connectivity index (χ0n) is 15.7. The van der Waals surface area contributed by atoms with Crippen molar-refractivity contribution in [2.75, 3.05) is 0 Å². The van der Waals surface area contributed by atoms with Crippen molar-refractivity contribution in [2.24, 2.45) is 5.92 Å². The van der Waals surface area contributed by atoms with Crippen LogP contribution in [0.25, 0.3) is 11.0 Å². The van der Waals surface area contributed by atoms with Gasteiger partial charge in [-0.3, -0.25) is 19.1 Å². The van der Waals surface area contributed by atoms with Crippen molar-refractivity contribution in [1.82, 2.24) is 19.9 Å². The number of carbonyl (C=O) groups is 1. The average molecular weight is 369 g/mol. The number of nitrogens with zero attached hydrogens (tertiary/aromatic N) is 3. The third-order valence-corrected chi connectivity index (χ3v) is 4.63. The molecule has 1 fully saturated rings. The molecule has 0 radical (unpaired) electrons. The van der Waals surface area contributed by atoms with E-state index < -0.39 is 23.2 Å². The van der Waals surface area contributed by atoms with Gasteiger partial charge in [-0.05, 0) is 31.2 Å². The lowest BCUT2D eigenvalue weighted by atomic mass is 10.1. The number of aromatic amines is 1. The number of nitriles is 1.